The van der Waals surface area contributed by atoms with E-state index >= 15 is 0 Å². The van der Waals surface area contributed by atoms with Gasteiger partial charge in [-0.15, -0.1) is 5.10 Å². The van der Waals surface area contributed by atoms with Crippen molar-refractivity contribution >= 4 is 17.4 Å². The van der Waals surface area contributed by atoms with Crippen LogP contribution in [0, 0.1) is 0 Å². The molecule has 0 aliphatic heterocycles. The number of amides is 1. The van der Waals surface area contributed by atoms with E-state index in [2.05, 4.69) is 9.59 Å². The zero-order chi connectivity index (χ0) is 13.0. The zero-order valence-corrected chi connectivity index (χ0v) is 11.5. The summed E-state index contributed by atoms with van der Waals surface area (Å²) in [5, 5.41) is 13.0. The van der Waals surface area contributed by atoms with Gasteiger partial charge in [0.2, 0.25) is 0 Å². The fourth-order valence-corrected chi connectivity index (χ4v) is 2.33. The van der Waals surface area contributed by atoms with Crippen LogP contribution >= 0.6 is 11.5 Å². The van der Waals surface area contributed by atoms with Gasteiger partial charge < -0.3 is 10.0 Å². The monoisotopic (exact) mass is 257 g/mol. The summed E-state index contributed by atoms with van der Waals surface area (Å²) in [6.45, 7) is 8.13. The van der Waals surface area contributed by atoms with Gasteiger partial charge in [0.05, 0.1) is 12.3 Å². The summed E-state index contributed by atoms with van der Waals surface area (Å²) in [6, 6.07) is 0.0526. The molecule has 1 N–H and O–H groups in total. The highest BCUT2D eigenvalue weighted by Crippen LogP contribution is 2.22. The third-order valence-electron chi connectivity index (χ3n) is 2.48. The van der Waals surface area contributed by atoms with Crippen molar-refractivity contribution in [2.24, 2.45) is 0 Å². The number of carbonyl (C=O) groups excluding carboxylic acids is 1. The molecule has 0 unspecified atom stereocenters. The average molecular weight is 257 g/mol. The SMILES string of the molecule is CC(C)c1nnsc1C(=O)N(CCO)C(C)C. The van der Waals surface area contributed by atoms with Gasteiger partial charge >= 0.3 is 0 Å². The van der Waals surface area contributed by atoms with Crippen molar-refractivity contribution in [3.8, 4) is 0 Å². The molecule has 0 saturated carbocycles. The van der Waals surface area contributed by atoms with Crippen LogP contribution in [-0.4, -0.2) is 44.7 Å². The molecule has 17 heavy (non-hydrogen) atoms. The lowest BCUT2D eigenvalue weighted by molar-refractivity contribution is 0.0668. The van der Waals surface area contributed by atoms with Crippen LogP contribution < -0.4 is 0 Å². The third kappa shape index (κ3) is 3.23. The molecule has 1 heterocycles. The number of aliphatic hydroxyl groups excluding tert-OH is 1. The van der Waals surface area contributed by atoms with Crippen LogP contribution in [0.4, 0.5) is 0 Å². The Hall–Kier alpha value is -1.01. The van der Waals surface area contributed by atoms with Crippen molar-refractivity contribution in [1.29, 1.82) is 0 Å². The molecule has 1 rings (SSSR count). The summed E-state index contributed by atoms with van der Waals surface area (Å²) in [4.78, 5) is 14.5. The van der Waals surface area contributed by atoms with E-state index in [-0.39, 0.29) is 24.5 Å². The number of rotatable bonds is 5. The highest BCUT2D eigenvalue weighted by molar-refractivity contribution is 7.08. The lowest BCUT2D eigenvalue weighted by Crippen LogP contribution is -2.39. The second kappa shape index (κ2) is 6.07. The van der Waals surface area contributed by atoms with Crippen molar-refractivity contribution in [1.82, 2.24) is 14.5 Å². The summed E-state index contributed by atoms with van der Waals surface area (Å²) in [7, 11) is 0. The van der Waals surface area contributed by atoms with E-state index in [1.54, 1.807) is 4.90 Å². The first-order valence-electron chi connectivity index (χ1n) is 5.73. The van der Waals surface area contributed by atoms with Gasteiger partial charge in [-0.2, -0.15) is 0 Å². The van der Waals surface area contributed by atoms with Crippen LogP contribution in [-0.2, 0) is 0 Å². The largest absolute Gasteiger partial charge is 0.395 e. The van der Waals surface area contributed by atoms with E-state index in [0.29, 0.717) is 11.4 Å². The maximum absolute atomic E-state index is 12.3. The Balaban J connectivity index is 2.97. The summed E-state index contributed by atoms with van der Waals surface area (Å²) in [5.41, 5.74) is 0.739. The highest BCUT2D eigenvalue weighted by atomic mass is 32.1. The normalized spacial score (nSPS) is 11.2. The predicted octanol–water partition coefficient (Wildman–Crippen LogP) is 1.50. The van der Waals surface area contributed by atoms with E-state index in [4.69, 9.17) is 5.11 Å². The van der Waals surface area contributed by atoms with E-state index in [1.807, 2.05) is 27.7 Å². The first kappa shape index (κ1) is 14.1. The second-order valence-electron chi connectivity index (χ2n) is 4.46. The number of hydrogen-bond acceptors (Lipinski definition) is 5. The molecule has 1 amide bonds. The molecule has 0 aliphatic carbocycles. The van der Waals surface area contributed by atoms with Crippen LogP contribution in [0.1, 0.15) is 49.0 Å². The van der Waals surface area contributed by atoms with Crippen molar-refractivity contribution in [3.63, 3.8) is 0 Å². The first-order chi connectivity index (χ1) is 7.99. The van der Waals surface area contributed by atoms with Gasteiger partial charge in [0.1, 0.15) is 4.88 Å². The van der Waals surface area contributed by atoms with E-state index in [9.17, 15) is 4.79 Å². The second-order valence-corrected chi connectivity index (χ2v) is 5.21. The van der Waals surface area contributed by atoms with Gasteiger partial charge in [0.15, 0.2) is 0 Å². The van der Waals surface area contributed by atoms with Gasteiger partial charge in [0, 0.05) is 12.6 Å². The van der Waals surface area contributed by atoms with E-state index < -0.39 is 0 Å². The van der Waals surface area contributed by atoms with E-state index in [1.165, 1.54) is 0 Å². The minimum atomic E-state index is -0.0900. The summed E-state index contributed by atoms with van der Waals surface area (Å²) >= 11 is 1.12. The Kier molecular flexibility index (Phi) is 5.02. The Morgan fingerprint density at radius 2 is 2.06 bits per heavy atom. The van der Waals surface area contributed by atoms with Crippen molar-refractivity contribution in [2.75, 3.05) is 13.2 Å². The Morgan fingerprint density at radius 3 is 2.53 bits per heavy atom. The summed E-state index contributed by atoms with van der Waals surface area (Å²) in [6.07, 6.45) is 0. The quantitative estimate of drug-likeness (QED) is 0.868. The van der Waals surface area contributed by atoms with Gasteiger partial charge in [-0.1, -0.05) is 18.3 Å². The fourth-order valence-electron chi connectivity index (χ4n) is 1.56. The molecule has 0 saturated heterocycles. The predicted molar refractivity (Wildman–Crippen MR) is 67.3 cm³/mol. The van der Waals surface area contributed by atoms with Crippen molar-refractivity contribution in [3.05, 3.63) is 10.6 Å². The van der Waals surface area contributed by atoms with Gasteiger partial charge in [-0.3, -0.25) is 4.79 Å². The molecule has 0 aromatic carbocycles. The molecule has 0 radical (unpaired) electrons. The minimum Gasteiger partial charge on any atom is -0.395 e. The van der Waals surface area contributed by atoms with E-state index in [0.717, 1.165) is 17.2 Å². The number of aliphatic hydroxyl groups is 1. The molecule has 1 aromatic heterocycles. The fraction of sp³-hybridized carbons (Fsp3) is 0.727. The lowest BCUT2D eigenvalue weighted by Gasteiger charge is -2.25. The Morgan fingerprint density at radius 1 is 1.41 bits per heavy atom. The third-order valence-corrected chi connectivity index (χ3v) is 3.21. The number of carbonyl (C=O) groups is 1. The molecule has 1 aromatic rings. The van der Waals surface area contributed by atoms with Crippen LogP contribution in [0.15, 0.2) is 0 Å². The van der Waals surface area contributed by atoms with Gasteiger partial charge in [-0.05, 0) is 31.3 Å². The van der Waals surface area contributed by atoms with Crippen LogP contribution in [0.25, 0.3) is 0 Å². The maximum atomic E-state index is 12.3. The van der Waals surface area contributed by atoms with Gasteiger partial charge in [-0.25, -0.2) is 0 Å². The number of aromatic nitrogens is 2. The molecular weight excluding hydrogens is 238 g/mol. The Bertz CT molecular complexity index is 377. The van der Waals surface area contributed by atoms with Crippen molar-refractivity contribution < 1.29 is 9.90 Å². The number of nitrogens with zero attached hydrogens (tertiary/aromatic N) is 3. The molecule has 0 bridgehead atoms. The molecule has 0 atom stereocenters. The standard InChI is InChI=1S/C11H19N3O2S/c1-7(2)9-10(17-13-12-9)11(16)14(5-6-15)8(3)4/h7-8,15H,5-6H2,1-4H3. The number of hydrogen-bond donors (Lipinski definition) is 1. The molecule has 6 heteroatoms. The van der Waals surface area contributed by atoms with Crippen LogP contribution in [0.2, 0.25) is 0 Å². The smallest absolute Gasteiger partial charge is 0.267 e. The Labute approximate surface area is 106 Å². The van der Waals surface area contributed by atoms with Crippen LogP contribution in [0.5, 0.6) is 0 Å². The highest BCUT2D eigenvalue weighted by Gasteiger charge is 2.25. The van der Waals surface area contributed by atoms with Crippen LogP contribution in [0.3, 0.4) is 0 Å². The summed E-state index contributed by atoms with van der Waals surface area (Å²) in [5.74, 6) is 0.0867. The lowest BCUT2D eigenvalue weighted by atomic mass is 10.1. The zero-order valence-electron chi connectivity index (χ0n) is 10.7. The maximum Gasteiger partial charge on any atom is 0.267 e. The molecule has 96 valence electrons. The molecule has 0 fully saturated rings. The average Bonchev–Trinajstić information content (AvgIpc) is 2.73. The minimum absolute atomic E-state index is 0.0346. The molecular formula is C11H19N3O2S. The van der Waals surface area contributed by atoms with Crippen molar-refractivity contribution in [2.45, 2.75) is 39.7 Å². The topological polar surface area (TPSA) is 66.3 Å². The first-order valence-corrected chi connectivity index (χ1v) is 6.50. The summed E-state index contributed by atoms with van der Waals surface area (Å²) < 4.78 is 3.85. The molecule has 5 nitrogen and oxygen atoms in total. The molecule has 0 spiro atoms. The molecule has 0 aliphatic rings. The van der Waals surface area contributed by atoms with Gasteiger partial charge in [0.25, 0.3) is 5.91 Å².